The second-order valence-electron chi connectivity index (χ2n) is 4.19. The highest BCUT2D eigenvalue weighted by Gasteiger charge is 2.05. The van der Waals surface area contributed by atoms with Crippen molar-refractivity contribution in [1.29, 1.82) is 0 Å². The predicted octanol–water partition coefficient (Wildman–Crippen LogP) is 1.91. The Morgan fingerprint density at radius 3 is 2.53 bits per heavy atom. The van der Waals surface area contributed by atoms with Gasteiger partial charge in [0, 0.05) is 17.6 Å². The van der Waals surface area contributed by atoms with E-state index in [2.05, 4.69) is 30.4 Å². The van der Waals surface area contributed by atoms with Gasteiger partial charge in [-0.2, -0.15) is 0 Å². The molecule has 17 heavy (non-hydrogen) atoms. The Morgan fingerprint density at radius 1 is 1.12 bits per heavy atom. The molecule has 2 rings (SSSR count). The van der Waals surface area contributed by atoms with Crippen LogP contribution in [-0.2, 0) is 0 Å². The molecule has 0 saturated carbocycles. The fourth-order valence-corrected chi connectivity index (χ4v) is 1.90. The maximum absolute atomic E-state index is 9.33. The minimum atomic E-state index is -0.727. The summed E-state index contributed by atoms with van der Waals surface area (Å²) in [6.07, 6.45) is -0.727. The molecule has 0 fully saturated rings. The number of benzene rings is 2. The first-order valence-electron chi connectivity index (χ1n) is 5.73. The van der Waals surface area contributed by atoms with Gasteiger partial charge in [0.1, 0.15) is 0 Å². The summed E-state index contributed by atoms with van der Waals surface area (Å²) in [6, 6.07) is 12.2. The molecule has 2 aromatic rings. The Labute approximate surface area is 101 Å². The van der Waals surface area contributed by atoms with Gasteiger partial charge in [-0.15, -0.1) is 0 Å². The summed E-state index contributed by atoms with van der Waals surface area (Å²) >= 11 is 0. The van der Waals surface area contributed by atoms with Crippen molar-refractivity contribution < 1.29 is 10.2 Å². The summed E-state index contributed by atoms with van der Waals surface area (Å²) in [7, 11) is 0. The van der Waals surface area contributed by atoms with Gasteiger partial charge in [0.25, 0.3) is 0 Å². The molecular weight excluding hydrogens is 214 g/mol. The summed E-state index contributed by atoms with van der Waals surface area (Å²) in [6.45, 7) is 2.20. The number of anilines is 1. The monoisotopic (exact) mass is 231 g/mol. The van der Waals surface area contributed by atoms with Crippen LogP contribution in [0.25, 0.3) is 10.8 Å². The molecule has 1 atom stereocenters. The minimum Gasteiger partial charge on any atom is -0.394 e. The van der Waals surface area contributed by atoms with Crippen LogP contribution in [0, 0.1) is 6.92 Å². The number of aryl methyl sites for hydroxylation is 1. The Bertz CT molecular complexity index is 511. The zero-order chi connectivity index (χ0) is 12.3. The number of hydrogen-bond donors (Lipinski definition) is 3. The molecule has 0 aliphatic rings. The molecule has 3 N–H and O–H groups in total. The van der Waals surface area contributed by atoms with Crippen LogP contribution < -0.4 is 5.32 Å². The van der Waals surface area contributed by atoms with E-state index >= 15 is 0 Å². The predicted molar refractivity (Wildman–Crippen MR) is 70.3 cm³/mol. The number of hydrogen-bond acceptors (Lipinski definition) is 3. The third-order valence-electron chi connectivity index (χ3n) is 2.88. The lowest BCUT2D eigenvalue weighted by Crippen LogP contribution is -2.23. The van der Waals surface area contributed by atoms with E-state index in [9.17, 15) is 5.11 Å². The van der Waals surface area contributed by atoms with Gasteiger partial charge in [-0.05, 0) is 23.9 Å². The Morgan fingerprint density at radius 2 is 1.82 bits per heavy atom. The van der Waals surface area contributed by atoms with E-state index in [0.29, 0.717) is 6.54 Å². The van der Waals surface area contributed by atoms with Crippen LogP contribution in [0.15, 0.2) is 36.4 Å². The molecule has 0 radical (unpaired) electrons. The third-order valence-corrected chi connectivity index (χ3v) is 2.88. The molecule has 0 amide bonds. The lowest BCUT2D eigenvalue weighted by Gasteiger charge is -2.13. The molecular formula is C14H17NO2. The molecule has 2 aromatic carbocycles. The number of aliphatic hydroxyl groups excluding tert-OH is 2. The highest BCUT2D eigenvalue weighted by atomic mass is 16.3. The van der Waals surface area contributed by atoms with Crippen molar-refractivity contribution in [3.8, 4) is 0 Å². The number of rotatable bonds is 4. The smallest absolute Gasteiger partial charge is 0.0942 e. The fourth-order valence-electron chi connectivity index (χ4n) is 1.90. The first kappa shape index (κ1) is 11.9. The van der Waals surface area contributed by atoms with Crippen molar-refractivity contribution >= 4 is 16.5 Å². The summed E-state index contributed by atoms with van der Waals surface area (Å²) in [4.78, 5) is 0. The fraction of sp³-hybridized carbons (Fsp3) is 0.286. The van der Waals surface area contributed by atoms with Gasteiger partial charge in [-0.25, -0.2) is 0 Å². The zero-order valence-corrected chi connectivity index (χ0v) is 9.85. The van der Waals surface area contributed by atoms with E-state index in [1.54, 1.807) is 0 Å². The van der Waals surface area contributed by atoms with Gasteiger partial charge in [0.2, 0.25) is 0 Å². The molecule has 1 unspecified atom stereocenters. The van der Waals surface area contributed by atoms with E-state index in [1.165, 1.54) is 10.9 Å². The maximum atomic E-state index is 9.33. The van der Waals surface area contributed by atoms with E-state index in [1.807, 2.05) is 18.2 Å². The van der Waals surface area contributed by atoms with Crippen molar-refractivity contribution in [1.82, 2.24) is 0 Å². The second-order valence-corrected chi connectivity index (χ2v) is 4.19. The molecule has 0 spiro atoms. The van der Waals surface area contributed by atoms with Crippen LogP contribution in [0.2, 0.25) is 0 Å². The standard InChI is InChI=1S/C14H17NO2/c1-10-6-7-14(15-8-11(17)9-16)13-5-3-2-4-12(10)13/h2-7,11,15-17H,8-9H2,1H3. The summed E-state index contributed by atoms with van der Waals surface area (Å²) in [5, 5.41) is 23.6. The molecule has 3 heteroatoms. The van der Waals surface area contributed by atoms with E-state index in [0.717, 1.165) is 11.1 Å². The average Bonchev–Trinajstić information content (AvgIpc) is 2.38. The molecule has 3 nitrogen and oxygen atoms in total. The van der Waals surface area contributed by atoms with Gasteiger partial charge < -0.3 is 15.5 Å². The molecule has 0 saturated heterocycles. The van der Waals surface area contributed by atoms with E-state index < -0.39 is 6.10 Å². The van der Waals surface area contributed by atoms with Gasteiger partial charge >= 0.3 is 0 Å². The Hall–Kier alpha value is -1.58. The first-order valence-corrected chi connectivity index (χ1v) is 5.73. The van der Waals surface area contributed by atoms with Gasteiger partial charge in [0.15, 0.2) is 0 Å². The van der Waals surface area contributed by atoms with Crippen molar-refractivity contribution in [3.05, 3.63) is 42.0 Å². The van der Waals surface area contributed by atoms with Crippen LogP contribution >= 0.6 is 0 Å². The van der Waals surface area contributed by atoms with Gasteiger partial charge in [-0.1, -0.05) is 30.3 Å². The first-order chi connectivity index (χ1) is 8.22. The minimum absolute atomic E-state index is 0.225. The van der Waals surface area contributed by atoms with Crippen LogP contribution in [0.5, 0.6) is 0 Å². The summed E-state index contributed by atoms with van der Waals surface area (Å²) in [5.74, 6) is 0. The molecule has 90 valence electrons. The zero-order valence-electron chi connectivity index (χ0n) is 9.85. The molecule has 0 aliphatic heterocycles. The second kappa shape index (κ2) is 5.17. The van der Waals surface area contributed by atoms with Crippen molar-refractivity contribution in [2.45, 2.75) is 13.0 Å². The highest BCUT2D eigenvalue weighted by molar-refractivity contribution is 5.95. The molecule has 0 bridgehead atoms. The van der Waals surface area contributed by atoms with Gasteiger partial charge in [0.05, 0.1) is 12.7 Å². The van der Waals surface area contributed by atoms with Crippen LogP contribution in [-0.4, -0.2) is 29.5 Å². The highest BCUT2D eigenvalue weighted by Crippen LogP contribution is 2.25. The summed E-state index contributed by atoms with van der Waals surface area (Å²) < 4.78 is 0. The van der Waals surface area contributed by atoms with Crippen molar-refractivity contribution in [2.24, 2.45) is 0 Å². The summed E-state index contributed by atoms with van der Waals surface area (Å²) in [5.41, 5.74) is 2.22. The number of nitrogens with one attached hydrogen (secondary N) is 1. The van der Waals surface area contributed by atoms with Crippen LogP contribution in [0.1, 0.15) is 5.56 Å². The Kier molecular flexibility index (Phi) is 3.61. The quantitative estimate of drug-likeness (QED) is 0.753. The van der Waals surface area contributed by atoms with E-state index in [-0.39, 0.29) is 6.61 Å². The Balaban J connectivity index is 2.32. The normalized spacial score (nSPS) is 12.6. The maximum Gasteiger partial charge on any atom is 0.0942 e. The lowest BCUT2D eigenvalue weighted by atomic mass is 10.0. The molecule has 0 aliphatic carbocycles. The van der Waals surface area contributed by atoms with Crippen molar-refractivity contribution in [2.75, 3.05) is 18.5 Å². The molecule has 0 aromatic heterocycles. The van der Waals surface area contributed by atoms with Gasteiger partial charge in [-0.3, -0.25) is 0 Å². The van der Waals surface area contributed by atoms with E-state index in [4.69, 9.17) is 5.11 Å². The average molecular weight is 231 g/mol. The van der Waals surface area contributed by atoms with Crippen LogP contribution in [0.4, 0.5) is 5.69 Å². The molecule has 0 heterocycles. The van der Waals surface area contributed by atoms with Crippen molar-refractivity contribution in [3.63, 3.8) is 0 Å². The number of aliphatic hydroxyl groups is 2. The number of fused-ring (bicyclic) bond motifs is 1. The topological polar surface area (TPSA) is 52.5 Å². The largest absolute Gasteiger partial charge is 0.394 e. The SMILES string of the molecule is Cc1ccc(NCC(O)CO)c2ccccc12. The van der Waals surface area contributed by atoms with Crippen LogP contribution in [0.3, 0.4) is 0 Å². The third kappa shape index (κ3) is 2.57. The lowest BCUT2D eigenvalue weighted by molar-refractivity contribution is 0.105.